The molecule has 0 aliphatic heterocycles. The SMILES string of the molecule is C=CCn1c(SCC(=O)Nc2sc3c(c2C(=O)OCC)CCCCC3)nnc1C(C)Oc1ccc(OC)cc1. The second-order valence-electron chi connectivity index (χ2n) is 9.00. The van der Waals surface area contributed by atoms with Gasteiger partial charge in [0.2, 0.25) is 5.91 Å². The fourth-order valence-corrected chi connectivity index (χ4v) is 6.51. The molecule has 0 bridgehead atoms. The number of anilines is 1. The van der Waals surface area contributed by atoms with Crippen LogP contribution < -0.4 is 14.8 Å². The minimum absolute atomic E-state index is 0.105. The summed E-state index contributed by atoms with van der Waals surface area (Å²) in [5, 5.41) is 12.8. The number of carbonyl (C=O) groups excluding carboxylic acids is 2. The van der Waals surface area contributed by atoms with Gasteiger partial charge in [-0.3, -0.25) is 9.36 Å². The van der Waals surface area contributed by atoms with Crippen molar-refractivity contribution in [1.29, 1.82) is 0 Å². The highest BCUT2D eigenvalue weighted by molar-refractivity contribution is 7.99. The largest absolute Gasteiger partial charge is 0.497 e. The Morgan fingerprint density at radius 3 is 2.64 bits per heavy atom. The lowest BCUT2D eigenvalue weighted by molar-refractivity contribution is -0.113. The van der Waals surface area contributed by atoms with Gasteiger partial charge in [-0.25, -0.2) is 4.79 Å². The lowest BCUT2D eigenvalue weighted by atomic mass is 10.1. The number of esters is 1. The van der Waals surface area contributed by atoms with Crippen molar-refractivity contribution in [1.82, 2.24) is 14.8 Å². The fourth-order valence-electron chi connectivity index (χ4n) is 4.46. The first kappa shape index (κ1) is 28.7. The molecule has 11 heteroatoms. The molecule has 0 saturated carbocycles. The maximum absolute atomic E-state index is 13.0. The molecule has 0 spiro atoms. The Morgan fingerprint density at radius 1 is 1.18 bits per heavy atom. The van der Waals surface area contributed by atoms with Gasteiger partial charge < -0.3 is 19.5 Å². The molecule has 0 saturated heterocycles. The molecule has 3 aromatic rings. The number of fused-ring (bicyclic) bond motifs is 1. The molecule has 0 radical (unpaired) electrons. The van der Waals surface area contributed by atoms with Gasteiger partial charge in [0.05, 0.1) is 25.0 Å². The Kier molecular flexibility index (Phi) is 10.0. The van der Waals surface area contributed by atoms with Crippen molar-refractivity contribution in [3.8, 4) is 11.5 Å². The number of hydrogen-bond donors (Lipinski definition) is 1. The zero-order valence-electron chi connectivity index (χ0n) is 22.5. The molecule has 1 amide bonds. The number of amides is 1. The number of allylic oxidation sites excluding steroid dienone is 1. The second kappa shape index (κ2) is 13.7. The smallest absolute Gasteiger partial charge is 0.341 e. The summed E-state index contributed by atoms with van der Waals surface area (Å²) >= 11 is 2.76. The van der Waals surface area contributed by atoms with Crippen LogP contribution in [0.15, 0.2) is 42.1 Å². The van der Waals surface area contributed by atoms with E-state index in [1.807, 2.05) is 35.8 Å². The molecule has 1 atom stereocenters. The second-order valence-corrected chi connectivity index (χ2v) is 11.0. The number of thiophene rings is 1. The van der Waals surface area contributed by atoms with Crippen LogP contribution in [0.25, 0.3) is 0 Å². The van der Waals surface area contributed by atoms with Crippen molar-refractivity contribution in [3.63, 3.8) is 0 Å². The molecule has 2 heterocycles. The minimum Gasteiger partial charge on any atom is -0.497 e. The standard InChI is InChI=1S/C28H34N4O5S2/c1-5-16-32-25(18(3)37-20-14-12-19(35-4)13-15-20)30-31-28(32)38-17-23(33)29-26-24(27(34)36-6-2)21-10-8-7-9-11-22(21)39-26/h5,12-15,18H,1,6-11,16-17H2,2-4H3,(H,29,33). The normalized spacial score (nSPS) is 13.6. The number of aryl methyl sites for hydroxylation is 1. The predicted octanol–water partition coefficient (Wildman–Crippen LogP) is 5.85. The number of methoxy groups -OCH3 is 1. The summed E-state index contributed by atoms with van der Waals surface area (Å²) in [6.07, 6.45) is 6.36. The molecule has 1 aromatic carbocycles. The summed E-state index contributed by atoms with van der Waals surface area (Å²) in [5.74, 6) is 1.56. The monoisotopic (exact) mass is 570 g/mol. The zero-order chi connectivity index (χ0) is 27.8. The molecular weight excluding hydrogens is 536 g/mol. The van der Waals surface area contributed by atoms with Crippen LogP contribution in [0.3, 0.4) is 0 Å². The molecule has 2 aromatic heterocycles. The van der Waals surface area contributed by atoms with Crippen molar-refractivity contribution in [3.05, 3.63) is 58.7 Å². The Morgan fingerprint density at radius 2 is 1.92 bits per heavy atom. The highest BCUT2D eigenvalue weighted by Gasteiger charge is 2.27. The van der Waals surface area contributed by atoms with E-state index in [2.05, 4.69) is 22.1 Å². The quantitative estimate of drug-likeness (QED) is 0.125. The van der Waals surface area contributed by atoms with Crippen LogP contribution in [0.4, 0.5) is 5.00 Å². The number of ether oxygens (including phenoxy) is 3. The average Bonchev–Trinajstić information content (AvgIpc) is 3.40. The first-order chi connectivity index (χ1) is 18.9. The third kappa shape index (κ3) is 7.02. The van der Waals surface area contributed by atoms with Crippen molar-refractivity contribution in [2.75, 3.05) is 24.8 Å². The van der Waals surface area contributed by atoms with Crippen molar-refractivity contribution in [2.24, 2.45) is 0 Å². The molecule has 0 fully saturated rings. The van der Waals surface area contributed by atoms with Crippen LogP contribution in [0.5, 0.6) is 11.5 Å². The van der Waals surface area contributed by atoms with E-state index in [0.717, 1.165) is 43.4 Å². The van der Waals surface area contributed by atoms with E-state index >= 15 is 0 Å². The van der Waals surface area contributed by atoms with E-state index < -0.39 is 0 Å². The van der Waals surface area contributed by atoms with Gasteiger partial charge in [-0.2, -0.15) is 0 Å². The number of nitrogens with one attached hydrogen (secondary N) is 1. The summed E-state index contributed by atoms with van der Waals surface area (Å²) in [4.78, 5) is 27.0. The number of aromatic nitrogens is 3. The predicted molar refractivity (Wildman–Crippen MR) is 153 cm³/mol. The van der Waals surface area contributed by atoms with Gasteiger partial charge in [0, 0.05) is 11.4 Å². The number of thioether (sulfide) groups is 1. The van der Waals surface area contributed by atoms with E-state index in [1.54, 1.807) is 20.1 Å². The van der Waals surface area contributed by atoms with E-state index in [-0.39, 0.29) is 30.3 Å². The topological polar surface area (TPSA) is 105 Å². The van der Waals surface area contributed by atoms with Crippen molar-refractivity contribution in [2.45, 2.75) is 63.8 Å². The van der Waals surface area contributed by atoms with E-state index in [1.165, 1.54) is 28.0 Å². The zero-order valence-corrected chi connectivity index (χ0v) is 24.2. The van der Waals surface area contributed by atoms with E-state index in [4.69, 9.17) is 14.2 Å². The van der Waals surface area contributed by atoms with Crippen LogP contribution in [-0.4, -0.2) is 46.1 Å². The minimum atomic E-state index is -0.386. The Labute approximate surface area is 236 Å². The molecule has 4 rings (SSSR count). The Hall–Kier alpha value is -3.31. The third-order valence-electron chi connectivity index (χ3n) is 6.28. The number of hydrogen-bond acceptors (Lipinski definition) is 9. The molecular formula is C28H34N4O5S2. The fraction of sp³-hybridized carbons (Fsp3) is 0.429. The molecule has 1 aliphatic rings. The number of rotatable bonds is 12. The third-order valence-corrected chi connectivity index (χ3v) is 8.45. The first-order valence-corrected chi connectivity index (χ1v) is 14.8. The number of benzene rings is 1. The molecule has 1 aliphatic carbocycles. The van der Waals surface area contributed by atoms with E-state index in [0.29, 0.717) is 33.8 Å². The summed E-state index contributed by atoms with van der Waals surface area (Å²) in [7, 11) is 1.62. The summed E-state index contributed by atoms with van der Waals surface area (Å²) < 4.78 is 18.5. The molecule has 9 nitrogen and oxygen atoms in total. The van der Waals surface area contributed by atoms with Crippen LogP contribution in [-0.2, 0) is 28.9 Å². The van der Waals surface area contributed by atoms with Gasteiger partial charge >= 0.3 is 5.97 Å². The molecule has 208 valence electrons. The van der Waals surface area contributed by atoms with Crippen LogP contribution in [0.1, 0.15) is 65.8 Å². The highest BCUT2D eigenvalue weighted by Crippen LogP contribution is 2.38. The van der Waals surface area contributed by atoms with Gasteiger partial charge in [0.15, 0.2) is 17.1 Å². The lowest BCUT2D eigenvalue weighted by Crippen LogP contribution is -2.17. The van der Waals surface area contributed by atoms with Crippen molar-refractivity contribution < 1.29 is 23.8 Å². The van der Waals surface area contributed by atoms with Crippen LogP contribution in [0, 0.1) is 0 Å². The van der Waals surface area contributed by atoms with Crippen LogP contribution in [0.2, 0.25) is 0 Å². The summed E-state index contributed by atoms with van der Waals surface area (Å²) in [6, 6.07) is 7.32. The summed E-state index contributed by atoms with van der Waals surface area (Å²) in [6.45, 7) is 8.28. The van der Waals surface area contributed by atoms with Gasteiger partial charge in [0.25, 0.3) is 0 Å². The van der Waals surface area contributed by atoms with Gasteiger partial charge in [-0.05, 0) is 69.4 Å². The molecule has 39 heavy (non-hydrogen) atoms. The maximum atomic E-state index is 13.0. The Bertz CT molecular complexity index is 1300. The molecule has 1 N–H and O–H groups in total. The molecule has 1 unspecified atom stereocenters. The maximum Gasteiger partial charge on any atom is 0.341 e. The number of nitrogens with zero attached hydrogens (tertiary/aromatic N) is 3. The van der Waals surface area contributed by atoms with E-state index in [9.17, 15) is 9.59 Å². The van der Waals surface area contributed by atoms with Gasteiger partial charge in [0.1, 0.15) is 16.5 Å². The average molecular weight is 571 g/mol. The summed E-state index contributed by atoms with van der Waals surface area (Å²) in [5.41, 5.74) is 1.54. The number of carbonyl (C=O) groups is 2. The Balaban J connectivity index is 1.45. The van der Waals surface area contributed by atoms with Crippen LogP contribution >= 0.6 is 23.1 Å². The van der Waals surface area contributed by atoms with Gasteiger partial charge in [-0.1, -0.05) is 24.3 Å². The van der Waals surface area contributed by atoms with Crippen molar-refractivity contribution >= 4 is 40.0 Å². The first-order valence-electron chi connectivity index (χ1n) is 13.0. The highest BCUT2D eigenvalue weighted by atomic mass is 32.2. The lowest BCUT2D eigenvalue weighted by Gasteiger charge is -2.16. The van der Waals surface area contributed by atoms with Gasteiger partial charge in [-0.15, -0.1) is 28.1 Å².